The first-order chi connectivity index (χ1) is 6.18. The Hall–Kier alpha value is -0.850. The lowest BCUT2D eigenvalue weighted by atomic mass is 9.79. The van der Waals surface area contributed by atoms with Crippen molar-refractivity contribution in [3.63, 3.8) is 0 Å². The summed E-state index contributed by atoms with van der Waals surface area (Å²) in [6, 6.07) is 0. The van der Waals surface area contributed by atoms with Crippen LogP contribution in [0.5, 0.6) is 0 Å². The van der Waals surface area contributed by atoms with Crippen LogP contribution in [-0.4, -0.2) is 5.78 Å². The first-order valence-electron chi connectivity index (χ1n) is 5.07. The molecular weight excluding hydrogens is 160 g/mol. The molecule has 0 fully saturated rings. The summed E-state index contributed by atoms with van der Waals surface area (Å²) in [6.45, 7) is 3.96. The second-order valence-corrected chi connectivity index (χ2v) is 4.33. The van der Waals surface area contributed by atoms with Crippen molar-refractivity contribution in [1.82, 2.24) is 0 Å². The molecule has 1 heteroatoms. The van der Waals surface area contributed by atoms with E-state index < -0.39 is 0 Å². The van der Waals surface area contributed by atoms with E-state index in [4.69, 9.17) is 0 Å². The van der Waals surface area contributed by atoms with Gasteiger partial charge >= 0.3 is 0 Å². The van der Waals surface area contributed by atoms with Gasteiger partial charge in [0, 0.05) is 0 Å². The van der Waals surface area contributed by atoms with Crippen LogP contribution in [0.25, 0.3) is 0 Å². The third kappa shape index (κ3) is 1.48. The van der Waals surface area contributed by atoms with Crippen molar-refractivity contribution >= 4 is 5.78 Å². The molecule has 3 atom stereocenters. The highest BCUT2D eigenvalue weighted by Gasteiger charge is 2.32. The Morgan fingerprint density at radius 3 is 2.92 bits per heavy atom. The van der Waals surface area contributed by atoms with Gasteiger partial charge in [0.15, 0.2) is 5.78 Å². The van der Waals surface area contributed by atoms with Crippen molar-refractivity contribution in [3.8, 4) is 0 Å². The van der Waals surface area contributed by atoms with Gasteiger partial charge in [-0.2, -0.15) is 0 Å². The van der Waals surface area contributed by atoms with Gasteiger partial charge in [-0.1, -0.05) is 25.2 Å². The van der Waals surface area contributed by atoms with Crippen LogP contribution in [-0.2, 0) is 4.79 Å². The molecule has 0 aromatic rings. The van der Waals surface area contributed by atoms with Crippen LogP contribution in [0, 0.1) is 17.8 Å². The zero-order chi connectivity index (χ0) is 9.42. The van der Waals surface area contributed by atoms with Gasteiger partial charge in [-0.3, -0.25) is 4.79 Å². The minimum Gasteiger partial charge on any atom is -0.295 e. The van der Waals surface area contributed by atoms with E-state index in [-0.39, 0.29) is 5.78 Å². The molecule has 0 aromatic heterocycles. The van der Waals surface area contributed by atoms with Crippen molar-refractivity contribution in [2.24, 2.45) is 17.8 Å². The van der Waals surface area contributed by atoms with Crippen LogP contribution in [0.15, 0.2) is 23.8 Å². The van der Waals surface area contributed by atoms with E-state index in [1.54, 1.807) is 6.92 Å². The molecule has 0 saturated heterocycles. The molecule has 0 amide bonds. The molecule has 0 radical (unpaired) electrons. The molecule has 1 nitrogen and oxygen atoms in total. The maximum atomic E-state index is 11.2. The van der Waals surface area contributed by atoms with E-state index in [0.717, 1.165) is 12.0 Å². The summed E-state index contributed by atoms with van der Waals surface area (Å²) in [6.07, 6.45) is 8.91. The van der Waals surface area contributed by atoms with E-state index >= 15 is 0 Å². The second-order valence-electron chi connectivity index (χ2n) is 4.33. The van der Waals surface area contributed by atoms with Gasteiger partial charge in [0.1, 0.15) is 0 Å². The normalized spacial score (nSPS) is 37.1. The first-order valence-corrected chi connectivity index (χ1v) is 5.07. The van der Waals surface area contributed by atoms with Gasteiger partial charge in [0.05, 0.1) is 0 Å². The lowest BCUT2D eigenvalue weighted by Gasteiger charge is -2.25. The number of carbonyl (C=O) groups excluding carboxylic acids is 1. The molecule has 0 N–H and O–H groups in total. The van der Waals surface area contributed by atoms with Crippen molar-refractivity contribution in [3.05, 3.63) is 23.8 Å². The number of allylic oxidation sites excluding steroid dienone is 4. The summed E-state index contributed by atoms with van der Waals surface area (Å²) in [5.41, 5.74) is 1.05. The van der Waals surface area contributed by atoms with E-state index in [9.17, 15) is 4.79 Å². The maximum Gasteiger partial charge on any atom is 0.155 e. The number of hydrogen-bond acceptors (Lipinski definition) is 1. The maximum absolute atomic E-state index is 11.2. The fraction of sp³-hybridized carbons (Fsp3) is 0.583. The minimum atomic E-state index is 0.259. The lowest BCUT2D eigenvalue weighted by Crippen LogP contribution is -2.17. The Morgan fingerprint density at radius 2 is 2.31 bits per heavy atom. The van der Waals surface area contributed by atoms with Crippen LogP contribution < -0.4 is 0 Å². The largest absolute Gasteiger partial charge is 0.295 e. The number of ketones is 1. The number of Topliss-reactive ketones (excluding diaryl/α,β-unsaturated/α-hetero) is 1. The molecule has 13 heavy (non-hydrogen) atoms. The molecule has 0 unspecified atom stereocenters. The van der Waals surface area contributed by atoms with Crippen LogP contribution in [0.4, 0.5) is 0 Å². The highest BCUT2D eigenvalue weighted by molar-refractivity contribution is 5.93. The third-order valence-corrected chi connectivity index (χ3v) is 3.34. The molecule has 0 aromatic carbocycles. The fourth-order valence-electron chi connectivity index (χ4n) is 2.48. The number of rotatable bonds is 1. The van der Waals surface area contributed by atoms with Crippen LogP contribution in [0.2, 0.25) is 0 Å². The van der Waals surface area contributed by atoms with Crippen molar-refractivity contribution in [1.29, 1.82) is 0 Å². The van der Waals surface area contributed by atoms with Gasteiger partial charge in [-0.05, 0) is 43.1 Å². The summed E-state index contributed by atoms with van der Waals surface area (Å²) in [4.78, 5) is 11.2. The average Bonchev–Trinajstić information content (AvgIpc) is 2.49. The van der Waals surface area contributed by atoms with Crippen molar-refractivity contribution in [2.45, 2.75) is 26.7 Å². The standard InChI is InChI=1S/C12H16O/c1-8-4-3-5-10-6-11(9(2)13)7-12(8)10/h3,5,7-8,10,12H,4,6H2,1-2H3/t8-,10+,12+/m1/s1. The molecular formula is C12H16O. The van der Waals surface area contributed by atoms with E-state index in [2.05, 4.69) is 25.2 Å². The van der Waals surface area contributed by atoms with Crippen molar-refractivity contribution < 1.29 is 4.79 Å². The molecule has 70 valence electrons. The molecule has 2 aliphatic carbocycles. The summed E-state index contributed by atoms with van der Waals surface area (Å²) in [5.74, 6) is 2.22. The van der Waals surface area contributed by atoms with Crippen LogP contribution in [0.1, 0.15) is 26.7 Å². The number of hydrogen-bond donors (Lipinski definition) is 0. The smallest absolute Gasteiger partial charge is 0.155 e. The zero-order valence-electron chi connectivity index (χ0n) is 8.29. The molecule has 0 aliphatic heterocycles. The van der Waals surface area contributed by atoms with Gasteiger partial charge < -0.3 is 0 Å². The zero-order valence-corrected chi connectivity index (χ0v) is 8.29. The SMILES string of the molecule is CC(=O)C1=C[C@H]2[C@H](C)CC=C[C@H]2C1. The van der Waals surface area contributed by atoms with Crippen molar-refractivity contribution in [2.75, 3.05) is 0 Å². The predicted octanol–water partition coefficient (Wildman–Crippen LogP) is 2.73. The Bertz CT molecular complexity index is 285. The Morgan fingerprint density at radius 1 is 1.54 bits per heavy atom. The van der Waals surface area contributed by atoms with E-state index in [1.165, 1.54) is 6.42 Å². The Labute approximate surface area is 79.5 Å². The summed E-state index contributed by atoms with van der Waals surface area (Å²) in [5, 5.41) is 0. The van der Waals surface area contributed by atoms with E-state index in [1.807, 2.05) is 0 Å². The fourth-order valence-corrected chi connectivity index (χ4v) is 2.48. The molecule has 0 saturated carbocycles. The number of fused-ring (bicyclic) bond motifs is 1. The lowest BCUT2D eigenvalue weighted by molar-refractivity contribution is -0.113. The van der Waals surface area contributed by atoms with Gasteiger partial charge in [0.25, 0.3) is 0 Å². The molecule has 0 spiro atoms. The summed E-state index contributed by atoms with van der Waals surface area (Å²) in [7, 11) is 0. The number of carbonyl (C=O) groups is 1. The van der Waals surface area contributed by atoms with Gasteiger partial charge in [-0.15, -0.1) is 0 Å². The monoisotopic (exact) mass is 176 g/mol. The average molecular weight is 176 g/mol. The Balaban J connectivity index is 2.21. The predicted molar refractivity (Wildman–Crippen MR) is 53.3 cm³/mol. The molecule has 2 aliphatic rings. The highest BCUT2D eigenvalue weighted by atomic mass is 16.1. The van der Waals surface area contributed by atoms with E-state index in [0.29, 0.717) is 17.8 Å². The Kier molecular flexibility index (Phi) is 2.10. The first kappa shape index (κ1) is 8.74. The van der Waals surface area contributed by atoms with Gasteiger partial charge in [0.2, 0.25) is 0 Å². The van der Waals surface area contributed by atoms with Gasteiger partial charge in [-0.25, -0.2) is 0 Å². The van der Waals surface area contributed by atoms with Crippen LogP contribution >= 0.6 is 0 Å². The van der Waals surface area contributed by atoms with Crippen LogP contribution in [0.3, 0.4) is 0 Å². The topological polar surface area (TPSA) is 17.1 Å². The molecule has 0 heterocycles. The molecule has 2 rings (SSSR count). The third-order valence-electron chi connectivity index (χ3n) is 3.34. The second kappa shape index (κ2) is 3.13. The quantitative estimate of drug-likeness (QED) is 0.561. The molecule has 0 bridgehead atoms. The highest BCUT2D eigenvalue weighted by Crippen LogP contribution is 2.40. The summed E-state index contributed by atoms with van der Waals surface area (Å²) < 4.78 is 0. The summed E-state index contributed by atoms with van der Waals surface area (Å²) >= 11 is 0. The minimum absolute atomic E-state index is 0.259.